The van der Waals surface area contributed by atoms with Crippen molar-refractivity contribution in [2.75, 3.05) is 25.0 Å². The first-order chi connectivity index (χ1) is 13.5. The molecule has 1 saturated heterocycles. The molecule has 1 fully saturated rings. The third-order valence-electron chi connectivity index (χ3n) is 4.71. The number of amides is 2. The number of rotatable bonds is 7. The number of aryl methyl sites for hydroxylation is 1. The second-order valence-electron chi connectivity index (χ2n) is 7.00. The van der Waals surface area contributed by atoms with Crippen LogP contribution >= 0.6 is 0 Å². The highest BCUT2D eigenvalue weighted by atomic mass is 16.5. The Morgan fingerprint density at radius 3 is 2.68 bits per heavy atom. The number of ether oxygens (including phenoxy) is 1. The third-order valence-corrected chi connectivity index (χ3v) is 4.71. The van der Waals surface area contributed by atoms with Gasteiger partial charge in [-0.1, -0.05) is 42.5 Å². The number of carbonyl (C=O) groups is 3. The maximum Gasteiger partial charge on any atom is 0.311 e. The van der Waals surface area contributed by atoms with Crippen LogP contribution in [0.5, 0.6) is 0 Å². The van der Waals surface area contributed by atoms with Crippen LogP contribution in [-0.2, 0) is 25.5 Å². The summed E-state index contributed by atoms with van der Waals surface area (Å²) in [5, 5.41) is 2.69. The molecule has 28 heavy (non-hydrogen) atoms. The molecule has 1 atom stereocenters. The van der Waals surface area contributed by atoms with Crippen molar-refractivity contribution in [3.05, 3.63) is 65.7 Å². The molecule has 2 amide bonds. The van der Waals surface area contributed by atoms with Gasteiger partial charge in [-0.15, -0.1) is 0 Å². The van der Waals surface area contributed by atoms with Gasteiger partial charge in [-0.3, -0.25) is 14.4 Å². The van der Waals surface area contributed by atoms with Crippen molar-refractivity contribution in [2.45, 2.75) is 19.8 Å². The van der Waals surface area contributed by atoms with E-state index in [-0.39, 0.29) is 18.9 Å². The minimum atomic E-state index is -0.518. The molecule has 6 nitrogen and oxygen atoms in total. The summed E-state index contributed by atoms with van der Waals surface area (Å²) in [7, 11) is 0. The Bertz CT molecular complexity index is 851. The number of nitrogens with zero attached hydrogens (tertiary/aromatic N) is 1. The van der Waals surface area contributed by atoms with Crippen LogP contribution in [0, 0.1) is 12.8 Å². The fraction of sp³-hybridized carbons (Fsp3) is 0.318. The largest absolute Gasteiger partial charge is 0.455 e. The summed E-state index contributed by atoms with van der Waals surface area (Å²) in [4.78, 5) is 38.1. The lowest BCUT2D eigenvalue weighted by Gasteiger charge is -2.16. The zero-order valence-electron chi connectivity index (χ0n) is 15.9. The zero-order chi connectivity index (χ0) is 19.9. The minimum absolute atomic E-state index is 0.0536. The molecule has 1 N–H and O–H groups in total. The monoisotopic (exact) mass is 380 g/mol. The summed E-state index contributed by atoms with van der Waals surface area (Å²) in [5.41, 5.74) is 2.83. The van der Waals surface area contributed by atoms with Gasteiger partial charge in [-0.25, -0.2) is 0 Å². The van der Waals surface area contributed by atoms with Crippen LogP contribution in [0.25, 0.3) is 0 Å². The average molecular weight is 380 g/mol. The molecule has 3 rings (SSSR count). The molecular formula is C22H24N2O4. The standard InChI is InChI=1S/C22H24N2O4/c1-16-6-5-9-19(12-16)23-20(25)15-28-22(27)18-13-21(26)24(14-18)11-10-17-7-3-2-4-8-17/h2-9,12,18H,10-11,13-15H2,1H3,(H,23,25)/t18-/m1/s1. The molecule has 0 spiro atoms. The maximum atomic E-state index is 12.2. The molecule has 0 bridgehead atoms. The molecule has 0 radical (unpaired) electrons. The van der Waals surface area contributed by atoms with E-state index in [2.05, 4.69) is 5.32 Å². The summed E-state index contributed by atoms with van der Waals surface area (Å²) in [6.07, 6.45) is 0.875. The predicted molar refractivity (Wildman–Crippen MR) is 106 cm³/mol. The smallest absolute Gasteiger partial charge is 0.311 e. The molecular weight excluding hydrogens is 356 g/mol. The van der Waals surface area contributed by atoms with E-state index in [0.717, 1.165) is 17.5 Å². The molecule has 0 aliphatic carbocycles. The molecule has 2 aromatic rings. The summed E-state index contributed by atoms with van der Waals surface area (Å²) >= 11 is 0. The summed E-state index contributed by atoms with van der Waals surface area (Å²) in [5.74, 6) is -1.48. The van der Waals surface area contributed by atoms with Crippen molar-refractivity contribution in [1.29, 1.82) is 0 Å². The van der Waals surface area contributed by atoms with Gasteiger partial charge < -0.3 is 15.0 Å². The first-order valence-corrected chi connectivity index (χ1v) is 9.36. The molecule has 0 saturated carbocycles. The molecule has 2 aromatic carbocycles. The Balaban J connectivity index is 1.43. The molecule has 0 unspecified atom stereocenters. The number of nitrogens with one attached hydrogen (secondary N) is 1. The van der Waals surface area contributed by atoms with Gasteiger partial charge in [0.25, 0.3) is 5.91 Å². The third kappa shape index (κ3) is 5.42. The van der Waals surface area contributed by atoms with Crippen molar-refractivity contribution >= 4 is 23.5 Å². The minimum Gasteiger partial charge on any atom is -0.455 e. The molecule has 1 aliphatic heterocycles. The molecule has 6 heteroatoms. The van der Waals surface area contributed by atoms with Crippen LogP contribution in [0.1, 0.15) is 17.5 Å². The van der Waals surface area contributed by atoms with E-state index in [1.807, 2.05) is 55.5 Å². The summed E-state index contributed by atoms with van der Waals surface area (Å²) < 4.78 is 5.12. The Kier molecular flexibility index (Phi) is 6.42. The van der Waals surface area contributed by atoms with E-state index >= 15 is 0 Å². The van der Waals surface area contributed by atoms with Gasteiger partial charge in [0.15, 0.2) is 6.61 Å². The quantitative estimate of drug-likeness (QED) is 0.749. The zero-order valence-corrected chi connectivity index (χ0v) is 15.9. The van der Waals surface area contributed by atoms with Gasteiger partial charge in [0.1, 0.15) is 0 Å². The topological polar surface area (TPSA) is 75.7 Å². The highest BCUT2D eigenvalue weighted by Crippen LogP contribution is 2.20. The van der Waals surface area contributed by atoms with Crippen molar-refractivity contribution in [1.82, 2.24) is 4.90 Å². The fourth-order valence-electron chi connectivity index (χ4n) is 3.23. The predicted octanol–water partition coefficient (Wildman–Crippen LogP) is 2.57. The van der Waals surface area contributed by atoms with Crippen LogP contribution in [0.2, 0.25) is 0 Å². The van der Waals surface area contributed by atoms with Crippen molar-refractivity contribution in [3.8, 4) is 0 Å². The van der Waals surface area contributed by atoms with E-state index in [1.54, 1.807) is 11.0 Å². The van der Waals surface area contributed by atoms with Gasteiger partial charge in [0.05, 0.1) is 5.92 Å². The Morgan fingerprint density at radius 2 is 1.93 bits per heavy atom. The number of hydrogen-bond acceptors (Lipinski definition) is 4. The number of carbonyl (C=O) groups excluding carboxylic acids is 3. The Morgan fingerprint density at radius 1 is 1.14 bits per heavy atom. The lowest BCUT2D eigenvalue weighted by atomic mass is 10.1. The van der Waals surface area contributed by atoms with Gasteiger partial charge in [0.2, 0.25) is 5.91 Å². The van der Waals surface area contributed by atoms with E-state index in [4.69, 9.17) is 4.74 Å². The van der Waals surface area contributed by atoms with Gasteiger partial charge in [0, 0.05) is 25.2 Å². The van der Waals surface area contributed by atoms with Gasteiger partial charge in [-0.2, -0.15) is 0 Å². The lowest BCUT2D eigenvalue weighted by molar-refractivity contribution is -0.151. The molecule has 1 aliphatic rings. The highest BCUT2D eigenvalue weighted by Gasteiger charge is 2.35. The van der Waals surface area contributed by atoms with Crippen LogP contribution < -0.4 is 5.32 Å². The van der Waals surface area contributed by atoms with E-state index in [0.29, 0.717) is 18.8 Å². The second kappa shape index (κ2) is 9.17. The van der Waals surface area contributed by atoms with E-state index in [9.17, 15) is 14.4 Å². The number of likely N-dealkylation sites (tertiary alicyclic amines) is 1. The van der Waals surface area contributed by atoms with Gasteiger partial charge >= 0.3 is 5.97 Å². The van der Waals surface area contributed by atoms with Crippen molar-refractivity contribution < 1.29 is 19.1 Å². The maximum absolute atomic E-state index is 12.2. The average Bonchev–Trinajstić information content (AvgIpc) is 3.06. The first kappa shape index (κ1) is 19.6. The van der Waals surface area contributed by atoms with E-state index < -0.39 is 17.8 Å². The number of benzene rings is 2. The summed E-state index contributed by atoms with van der Waals surface area (Å²) in [6.45, 7) is 2.47. The van der Waals surface area contributed by atoms with Crippen molar-refractivity contribution in [3.63, 3.8) is 0 Å². The lowest BCUT2D eigenvalue weighted by Crippen LogP contribution is -2.29. The van der Waals surface area contributed by atoms with E-state index in [1.165, 1.54) is 0 Å². The van der Waals surface area contributed by atoms with Crippen LogP contribution in [0.4, 0.5) is 5.69 Å². The van der Waals surface area contributed by atoms with Crippen LogP contribution in [0.3, 0.4) is 0 Å². The molecule has 146 valence electrons. The van der Waals surface area contributed by atoms with Crippen molar-refractivity contribution in [2.24, 2.45) is 5.92 Å². The SMILES string of the molecule is Cc1cccc(NC(=O)COC(=O)[C@@H]2CC(=O)N(CCc3ccccc3)C2)c1. The number of hydrogen-bond donors (Lipinski definition) is 1. The Labute approximate surface area is 164 Å². The molecule has 0 aromatic heterocycles. The fourth-order valence-corrected chi connectivity index (χ4v) is 3.23. The highest BCUT2D eigenvalue weighted by molar-refractivity contribution is 5.93. The molecule has 1 heterocycles. The van der Waals surface area contributed by atoms with Crippen LogP contribution in [-0.4, -0.2) is 42.4 Å². The number of anilines is 1. The number of esters is 1. The first-order valence-electron chi connectivity index (χ1n) is 9.36. The second-order valence-corrected chi connectivity index (χ2v) is 7.00. The summed E-state index contributed by atoms with van der Waals surface area (Å²) in [6, 6.07) is 17.3. The normalized spacial score (nSPS) is 16.1. The Hall–Kier alpha value is -3.15. The van der Waals surface area contributed by atoms with Gasteiger partial charge in [-0.05, 0) is 36.6 Å². The van der Waals surface area contributed by atoms with Crippen LogP contribution in [0.15, 0.2) is 54.6 Å².